The lowest BCUT2D eigenvalue weighted by atomic mass is 9.85. The minimum Gasteiger partial charge on any atom is -0.507 e. The zero-order chi connectivity index (χ0) is 31.4. The molecule has 1 aliphatic rings. The van der Waals surface area contributed by atoms with Crippen molar-refractivity contribution in [2.75, 3.05) is 13.7 Å². The summed E-state index contributed by atoms with van der Waals surface area (Å²) in [7, 11) is 1.46. The molecule has 0 saturated carbocycles. The van der Waals surface area contributed by atoms with Crippen LogP contribution in [0.1, 0.15) is 82.6 Å². The van der Waals surface area contributed by atoms with Gasteiger partial charge in [0.05, 0.1) is 31.3 Å². The number of cyclic esters (lactones) is 1. The minimum absolute atomic E-state index is 0.0136. The van der Waals surface area contributed by atoms with Gasteiger partial charge in [-0.15, -0.1) is 0 Å². The number of aliphatic hydroxyl groups is 3. The van der Waals surface area contributed by atoms with Gasteiger partial charge < -0.3 is 34.6 Å². The number of fused-ring (bicyclic) bond motifs is 1. The molecule has 0 amide bonds. The number of esters is 2. The molecule has 0 bridgehead atoms. The molecule has 236 valence electrons. The summed E-state index contributed by atoms with van der Waals surface area (Å²) < 4.78 is 16.4. The number of benzene rings is 1. The topological polar surface area (TPSA) is 143 Å². The number of hydrogen-bond acceptors (Lipinski definition) is 9. The first-order valence-electron chi connectivity index (χ1n) is 15.0. The van der Waals surface area contributed by atoms with Crippen LogP contribution in [-0.4, -0.2) is 70.5 Å². The Balaban J connectivity index is 2.10. The second-order valence-corrected chi connectivity index (χ2v) is 11.6. The van der Waals surface area contributed by atoms with E-state index < -0.39 is 48.2 Å². The summed E-state index contributed by atoms with van der Waals surface area (Å²) in [6, 6.07) is 2.97. The van der Waals surface area contributed by atoms with E-state index in [2.05, 4.69) is 0 Å². The van der Waals surface area contributed by atoms with Gasteiger partial charge in [-0.2, -0.15) is 0 Å². The number of phenols is 1. The summed E-state index contributed by atoms with van der Waals surface area (Å²) in [5, 5.41) is 42.6. The fourth-order valence-corrected chi connectivity index (χ4v) is 5.08. The predicted molar refractivity (Wildman–Crippen MR) is 160 cm³/mol. The van der Waals surface area contributed by atoms with Crippen LogP contribution < -0.4 is 4.74 Å². The summed E-state index contributed by atoms with van der Waals surface area (Å²) in [4.78, 5) is 25.5. The average Bonchev–Trinajstić information content (AvgIpc) is 2.95. The van der Waals surface area contributed by atoms with Gasteiger partial charge in [-0.3, -0.25) is 4.79 Å². The number of aliphatic hydroxyl groups excluding tert-OH is 3. The number of rotatable bonds is 12. The van der Waals surface area contributed by atoms with Crippen molar-refractivity contribution in [3.05, 3.63) is 47.6 Å². The third kappa shape index (κ3) is 10.1. The molecule has 1 heterocycles. The third-order valence-corrected chi connectivity index (χ3v) is 8.24. The number of carbonyl (C=O) groups excluding carboxylic acids is 2. The van der Waals surface area contributed by atoms with E-state index in [1.54, 1.807) is 19.1 Å². The molecule has 0 aromatic heterocycles. The van der Waals surface area contributed by atoms with Gasteiger partial charge in [-0.05, 0) is 56.1 Å². The smallest absolute Gasteiger partial charge is 0.342 e. The van der Waals surface area contributed by atoms with E-state index >= 15 is 0 Å². The largest absolute Gasteiger partial charge is 0.507 e. The number of carbonyl (C=O) groups is 2. The van der Waals surface area contributed by atoms with E-state index in [0.717, 1.165) is 6.42 Å². The Hall–Kier alpha value is -2.88. The molecule has 9 nitrogen and oxygen atoms in total. The van der Waals surface area contributed by atoms with Crippen LogP contribution in [0.25, 0.3) is 0 Å². The number of aromatic hydroxyl groups is 1. The summed E-state index contributed by atoms with van der Waals surface area (Å²) in [6.07, 6.45) is 7.41. The van der Waals surface area contributed by atoms with Gasteiger partial charge in [0.1, 0.15) is 29.8 Å². The number of methoxy groups -OCH3 is 1. The van der Waals surface area contributed by atoms with Crippen molar-refractivity contribution < 1.29 is 44.2 Å². The lowest BCUT2D eigenvalue weighted by Gasteiger charge is -2.31. The van der Waals surface area contributed by atoms with Crippen molar-refractivity contribution in [1.82, 2.24) is 0 Å². The highest BCUT2D eigenvalue weighted by molar-refractivity contribution is 5.94. The molecule has 0 fully saturated rings. The third-order valence-electron chi connectivity index (χ3n) is 8.24. The fraction of sp³-hybridized carbons (Fsp3) is 0.636. The van der Waals surface area contributed by atoms with Gasteiger partial charge in [0.2, 0.25) is 0 Å². The zero-order valence-corrected chi connectivity index (χ0v) is 25.9. The van der Waals surface area contributed by atoms with Crippen LogP contribution >= 0.6 is 0 Å². The van der Waals surface area contributed by atoms with Crippen LogP contribution in [0.2, 0.25) is 0 Å². The number of phenolic OH excluding ortho intramolecular Hbond substituents is 1. The first-order chi connectivity index (χ1) is 19.9. The van der Waals surface area contributed by atoms with Gasteiger partial charge in [0.15, 0.2) is 0 Å². The number of hydrogen-bond donors (Lipinski definition) is 4. The van der Waals surface area contributed by atoms with Gasteiger partial charge in [-0.1, -0.05) is 58.4 Å². The molecule has 9 heteroatoms. The minimum atomic E-state index is -0.815. The van der Waals surface area contributed by atoms with E-state index in [1.165, 1.54) is 13.2 Å². The normalized spacial score (nSPS) is 24.2. The Morgan fingerprint density at radius 2 is 1.83 bits per heavy atom. The van der Waals surface area contributed by atoms with Crippen molar-refractivity contribution in [3.8, 4) is 11.5 Å². The van der Waals surface area contributed by atoms with Crippen molar-refractivity contribution >= 4 is 11.9 Å². The number of allylic oxidation sites excluding steroid dienone is 2. The molecule has 0 aliphatic carbocycles. The van der Waals surface area contributed by atoms with Crippen LogP contribution in [0.3, 0.4) is 0 Å². The lowest BCUT2D eigenvalue weighted by molar-refractivity contribution is -0.150. The van der Waals surface area contributed by atoms with Gasteiger partial charge in [0, 0.05) is 18.4 Å². The second kappa shape index (κ2) is 17.3. The molecule has 1 aromatic rings. The summed E-state index contributed by atoms with van der Waals surface area (Å²) in [5.74, 6) is -2.40. The molecule has 2 rings (SSSR count). The molecule has 42 heavy (non-hydrogen) atoms. The average molecular weight is 591 g/mol. The van der Waals surface area contributed by atoms with Crippen LogP contribution in [0.5, 0.6) is 11.5 Å². The second-order valence-electron chi connectivity index (χ2n) is 11.6. The molecule has 0 spiro atoms. The lowest BCUT2D eigenvalue weighted by Crippen LogP contribution is -2.37. The molecule has 8 atom stereocenters. The molecule has 0 unspecified atom stereocenters. The molecule has 1 aliphatic heterocycles. The zero-order valence-electron chi connectivity index (χ0n) is 25.9. The molecule has 0 radical (unpaired) electrons. The van der Waals surface area contributed by atoms with Gasteiger partial charge in [0.25, 0.3) is 0 Å². The molecular formula is C33H50O9. The molecule has 1 aromatic carbocycles. The predicted octanol–water partition coefficient (Wildman–Crippen LogP) is 4.74. The Bertz CT molecular complexity index is 1070. The maximum Gasteiger partial charge on any atom is 0.342 e. The Kier molecular flexibility index (Phi) is 14.5. The van der Waals surface area contributed by atoms with E-state index in [0.29, 0.717) is 37.0 Å². The van der Waals surface area contributed by atoms with Crippen molar-refractivity contribution in [1.29, 1.82) is 0 Å². The summed E-state index contributed by atoms with van der Waals surface area (Å²) in [5.41, 5.74) is 0.418. The maximum absolute atomic E-state index is 13.4. The fourth-order valence-electron chi connectivity index (χ4n) is 5.08. The maximum atomic E-state index is 13.4. The molecular weight excluding hydrogens is 540 g/mol. The van der Waals surface area contributed by atoms with E-state index in [-0.39, 0.29) is 36.2 Å². The van der Waals surface area contributed by atoms with E-state index in [1.807, 2.05) is 45.9 Å². The summed E-state index contributed by atoms with van der Waals surface area (Å²) >= 11 is 0. The number of ether oxygens (including phenoxy) is 3. The van der Waals surface area contributed by atoms with Crippen LogP contribution in [0.15, 0.2) is 36.4 Å². The van der Waals surface area contributed by atoms with E-state index in [9.17, 15) is 30.0 Å². The molecule has 0 saturated heterocycles. The first-order valence-corrected chi connectivity index (χ1v) is 15.0. The molecule has 4 N–H and O–H groups in total. The summed E-state index contributed by atoms with van der Waals surface area (Å²) in [6.45, 7) is 9.31. The van der Waals surface area contributed by atoms with Crippen molar-refractivity contribution in [2.24, 2.45) is 23.7 Å². The van der Waals surface area contributed by atoms with Crippen molar-refractivity contribution in [2.45, 2.75) is 97.6 Å². The van der Waals surface area contributed by atoms with E-state index in [4.69, 9.17) is 14.2 Å². The van der Waals surface area contributed by atoms with Crippen LogP contribution in [0, 0.1) is 23.7 Å². The highest BCUT2D eigenvalue weighted by Gasteiger charge is 2.32. The quantitative estimate of drug-likeness (QED) is 0.201. The highest BCUT2D eigenvalue weighted by Crippen LogP contribution is 2.33. The monoisotopic (exact) mass is 590 g/mol. The van der Waals surface area contributed by atoms with Gasteiger partial charge >= 0.3 is 11.9 Å². The standard InChI is InChI=1S/C33H50O9/c1-7-12-26(34)22(4)32(38)41-16-11-10-14-21(3)31(37)23(5)29-15-9-8-13-20(2)27(35)18-24-17-25(40-6)19-28(36)30(24)33(39)42-29/h8-11,17,19-23,26-27,29,31,34-37H,7,12-16,18H2,1-6H3/b9-8-,11-10-/t20-,21+,22+,23+,26-,27+,29-,31+/m0/s1. The Morgan fingerprint density at radius 3 is 2.50 bits per heavy atom. The Labute approximate surface area is 250 Å². The van der Waals surface area contributed by atoms with Gasteiger partial charge in [-0.25, -0.2) is 4.79 Å². The Morgan fingerprint density at radius 1 is 1.14 bits per heavy atom. The highest BCUT2D eigenvalue weighted by atomic mass is 16.5. The van der Waals surface area contributed by atoms with Crippen LogP contribution in [-0.2, 0) is 20.7 Å². The van der Waals surface area contributed by atoms with Crippen LogP contribution in [0.4, 0.5) is 0 Å². The SMILES string of the molecule is CCC[C@H](O)[C@@H](C)C(=O)OC/C=C\C[C@@H](C)[C@@H](O)[C@H](C)[C@@H]1C/C=C\C[C@H](C)[C@H](O)Cc2cc(OC)cc(O)c2C(=O)O1. The first kappa shape index (κ1) is 35.3. The van der Waals surface area contributed by atoms with Crippen molar-refractivity contribution in [3.63, 3.8) is 0 Å².